The lowest BCUT2D eigenvalue weighted by Gasteiger charge is -2.40. The summed E-state index contributed by atoms with van der Waals surface area (Å²) >= 11 is 0. The molecule has 1 fully saturated rings. The second kappa shape index (κ2) is 6.21. The lowest BCUT2D eigenvalue weighted by atomic mass is 10.00. The van der Waals surface area contributed by atoms with Crippen LogP contribution < -0.4 is 10.7 Å². The van der Waals surface area contributed by atoms with Gasteiger partial charge in [-0.3, -0.25) is 4.79 Å². The predicted octanol–water partition coefficient (Wildman–Crippen LogP) is 1.28. The monoisotopic (exact) mass is 227 g/mol. The van der Waals surface area contributed by atoms with E-state index in [0.717, 1.165) is 0 Å². The number of hydrazine groups is 1. The third kappa shape index (κ3) is 3.46. The van der Waals surface area contributed by atoms with E-state index in [-0.39, 0.29) is 11.9 Å². The Morgan fingerprint density at radius 2 is 1.94 bits per heavy atom. The van der Waals surface area contributed by atoms with E-state index < -0.39 is 0 Å². The van der Waals surface area contributed by atoms with Crippen molar-refractivity contribution in [3.05, 3.63) is 0 Å². The second-order valence-electron chi connectivity index (χ2n) is 4.78. The topological polar surface area (TPSA) is 44.4 Å². The van der Waals surface area contributed by atoms with Crippen molar-refractivity contribution in [1.82, 2.24) is 15.8 Å². The fourth-order valence-corrected chi connectivity index (χ4v) is 2.29. The Morgan fingerprint density at radius 1 is 1.38 bits per heavy atom. The molecule has 0 aromatic rings. The van der Waals surface area contributed by atoms with Gasteiger partial charge in [0.05, 0.1) is 6.04 Å². The van der Waals surface area contributed by atoms with E-state index in [1.807, 2.05) is 13.8 Å². The average Bonchev–Trinajstić information content (AvgIpc) is 2.23. The highest BCUT2D eigenvalue weighted by molar-refractivity contribution is 5.81. The van der Waals surface area contributed by atoms with E-state index in [2.05, 4.69) is 29.6 Å². The molecule has 4 heteroatoms. The van der Waals surface area contributed by atoms with Crippen LogP contribution >= 0.6 is 0 Å². The van der Waals surface area contributed by atoms with Crippen LogP contribution in [0.15, 0.2) is 0 Å². The van der Waals surface area contributed by atoms with E-state index in [1.165, 1.54) is 19.3 Å². The van der Waals surface area contributed by atoms with Crippen molar-refractivity contribution in [2.45, 2.75) is 65.1 Å². The Labute approximate surface area is 98.7 Å². The molecule has 94 valence electrons. The van der Waals surface area contributed by atoms with Crippen molar-refractivity contribution in [2.75, 3.05) is 6.54 Å². The van der Waals surface area contributed by atoms with Crippen LogP contribution in [-0.2, 0) is 4.79 Å². The molecule has 4 nitrogen and oxygen atoms in total. The molecule has 3 atom stereocenters. The lowest BCUT2D eigenvalue weighted by molar-refractivity contribution is -0.125. The largest absolute Gasteiger partial charge is 0.355 e. The Balaban J connectivity index is 2.47. The summed E-state index contributed by atoms with van der Waals surface area (Å²) in [6, 6.07) is 0.879. The summed E-state index contributed by atoms with van der Waals surface area (Å²) in [4.78, 5) is 11.6. The molecule has 0 aromatic carbocycles. The molecule has 1 aliphatic heterocycles. The highest BCUT2D eigenvalue weighted by Gasteiger charge is 2.27. The van der Waals surface area contributed by atoms with Gasteiger partial charge >= 0.3 is 0 Å². The minimum atomic E-state index is -0.150. The molecule has 0 aliphatic carbocycles. The van der Waals surface area contributed by atoms with Crippen molar-refractivity contribution >= 4 is 5.91 Å². The average molecular weight is 227 g/mol. The number of rotatable bonds is 4. The molecule has 16 heavy (non-hydrogen) atoms. The molecule has 1 saturated heterocycles. The van der Waals surface area contributed by atoms with Crippen LogP contribution in [0.2, 0.25) is 0 Å². The standard InChI is InChI=1S/C12H25N3O/c1-5-13-12(16)11(4)14-15-9(2)7-6-8-10(15)3/h9-11,14H,5-8H2,1-4H3,(H,13,16). The molecule has 2 N–H and O–H groups in total. The SMILES string of the molecule is CCNC(=O)C(C)NN1C(C)CCCC1C. The Morgan fingerprint density at radius 3 is 2.44 bits per heavy atom. The number of nitrogens with one attached hydrogen (secondary N) is 2. The zero-order chi connectivity index (χ0) is 12.1. The predicted molar refractivity (Wildman–Crippen MR) is 65.9 cm³/mol. The van der Waals surface area contributed by atoms with E-state index in [1.54, 1.807) is 0 Å². The first-order valence-electron chi connectivity index (χ1n) is 6.38. The first-order chi connectivity index (χ1) is 7.56. The van der Waals surface area contributed by atoms with Gasteiger partial charge in [0.25, 0.3) is 0 Å². The summed E-state index contributed by atoms with van der Waals surface area (Å²) in [6.07, 6.45) is 3.70. The molecule has 0 bridgehead atoms. The normalized spacial score (nSPS) is 28.8. The molecule has 0 spiro atoms. The Kier molecular flexibility index (Phi) is 5.22. The number of amides is 1. The number of piperidine rings is 1. The number of hydrogen-bond acceptors (Lipinski definition) is 3. The second-order valence-corrected chi connectivity index (χ2v) is 4.78. The number of hydrogen-bond donors (Lipinski definition) is 2. The van der Waals surface area contributed by atoms with Gasteiger partial charge < -0.3 is 5.32 Å². The van der Waals surface area contributed by atoms with Gasteiger partial charge in [-0.2, -0.15) is 0 Å². The fraction of sp³-hybridized carbons (Fsp3) is 0.917. The number of likely N-dealkylation sites (N-methyl/N-ethyl adjacent to an activating group) is 1. The van der Waals surface area contributed by atoms with Gasteiger partial charge in [0.1, 0.15) is 0 Å². The van der Waals surface area contributed by atoms with Gasteiger partial charge in [-0.05, 0) is 40.5 Å². The van der Waals surface area contributed by atoms with Crippen LogP contribution in [-0.4, -0.2) is 35.6 Å². The molecule has 3 unspecified atom stereocenters. The van der Waals surface area contributed by atoms with E-state index in [9.17, 15) is 4.79 Å². The van der Waals surface area contributed by atoms with Gasteiger partial charge in [0, 0.05) is 18.6 Å². The first-order valence-corrected chi connectivity index (χ1v) is 6.38. The zero-order valence-electron chi connectivity index (χ0n) is 10.9. The lowest BCUT2D eigenvalue weighted by Crippen LogP contribution is -2.58. The maximum Gasteiger partial charge on any atom is 0.238 e. The fourth-order valence-electron chi connectivity index (χ4n) is 2.29. The smallest absolute Gasteiger partial charge is 0.238 e. The molecule has 1 heterocycles. The van der Waals surface area contributed by atoms with Crippen molar-refractivity contribution in [3.8, 4) is 0 Å². The summed E-state index contributed by atoms with van der Waals surface area (Å²) in [7, 11) is 0. The van der Waals surface area contributed by atoms with E-state index >= 15 is 0 Å². The van der Waals surface area contributed by atoms with Crippen LogP contribution in [0.4, 0.5) is 0 Å². The van der Waals surface area contributed by atoms with Crippen molar-refractivity contribution < 1.29 is 4.79 Å². The summed E-state index contributed by atoms with van der Waals surface area (Å²) < 4.78 is 0. The van der Waals surface area contributed by atoms with Crippen LogP contribution in [0.1, 0.15) is 47.0 Å². The minimum Gasteiger partial charge on any atom is -0.355 e. The van der Waals surface area contributed by atoms with E-state index in [4.69, 9.17) is 0 Å². The quantitative estimate of drug-likeness (QED) is 0.760. The Bertz CT molecular complexity index is 222. The van der Waals surface area contributed by atoms with Crippen LogP contribution in [0.3, 0.4) is 0 Å². The zero-order valence-corrected chi connectivity index (χ0v) is 10.9. The van der Waals surface area contributed by atoms with Crippen LogP contribution in [0, 0.1) is 0 Å². The van der Waals surface area contributed by atoms with Gasteiger partial charge in [-0.15, -0.1) is 0 Å². The first kappa shape index (κ1) is 13.5. The van der Waals surface area contributed by atoms with Gasteiger partial charge in [-0.25, -0.2) is 10.4 Å². The highest BCUT2D eigenvalue weighted by Crippen LogP contribution is 2.20. The molecule has 1 amide bonds. The third-order valence-electron chi connectivity index (χ3n) is 3.28. The molecular formula is C12H25N3O. The molecule has 0 aromatic heterocycles. The number of carbonyl (C=O) groups is 1. The van der Waals surface area contributed by atoms with Crippen molar-refractivity contribution in [3.63, 3.8) is 0 Å². The van der Waals surface area contributed by atoms with Crippen molar-refractivity contribution in [1.29, 1.82) is 0 Å². The minimum absolute atomic E-state index is 0.0764. The van der Waals surface area contributed by atoms with Gasteiger partial charge in [-0.1, -0.05) is 6.42 Å². The molecule has 1 rings (SSSR count). The Hall–Kier alpha value is -0.610. The molecule has 0 radical (unpaired) electrons. The summed E-state index contributed by atoms with van der Waals surface area (Å²) in [6.45, 7) is 8.98. The maximum absolute atomic E-state index is 11.6. The highest BCUT2D eigenvalue weighted by atomic mass is 16.2. The number of nitrogens with zero attached hydrogens (tertiary/aromatic N) is 1. The summed E-state index contributed by atoms with van der Waals surface area (Å²) in [5.41, 5.74) is 3.32. The summed E-state index contributed by atoms with van der Waals surface area (Å²) in [5, 5.41) is 5.08. The van der Waals surface area contributed by atoms with Crippen molar-refractivity contribution in [2.24, 2.45) is 0 Å². The third-order valence-corrected chi connectivity index (χ3v) is 3.28. The molecule has 0 saturated carbocycles. The van der Waals surface area contributed by atoms with E-state index in [0.29, 0.717) is 18.6 Å². The van der Waals surface area contributed by atoms with Crippen LogP contribution in [0.25, 0.3) is 0 Å². The number of carbonyl (C=O) groups excluding carboxylic acids is 1. The van der Waals surface area contributed by atoms with Crippen LogP contribution in [0.5, 0.6) is 0 Å². The van der Waals surface area contributed by atoms with Gasteiger partial charge in [0.2, 0.25) is 5.91 Å². The maximum atomic E-state index is 11.6. The molecule has 1 aliphatic rings. The summed E-state index contributed by atoms with van der Waals surface area (Å²) in [5.74, 6) is 0.0764. The molecular weight excluding hydrogens is 202 g/mol. The van der Waals surface area contributed by atoms with Gasteiger partial charge in [0.15, 0.2) is 0 Å².